The van der Waals surface area contributed by atoms with Crippen LogP contribution in [-0.2, 0) is 9.53 Å². The van der Waals surface area contributed by atoms with Crippen molar-refractivity contribution in [3.63, 3.8) is 0 Å². The van der Waals surface area contributed by atoms with Crippen molar-refractivity contribution in [2.45, 2.75) is 32.5 Å². The number of carbonyl (C=O) groups excluding carboxylic acids is 3. The van der Waals surface area contributed by atoms with Crippen LogP contribution in [0.5, 0.6) is 5.75 Å². The Labute approximate surface area is 218 Å². The predicted octanol–water partition coefficient (Wildman–Crippen LogP) is 3.49. The SMILES string of the molecule is CCOc1ccccc1-c1ccc(N2CCNC[C@H]2CC)c(C(=O)NCCNC(=O)OC(=O)C(F)(F)F)c1. The van der Waals surface area contributed by atoms with Gasteiger partial charge >= 0.3 is 18.2 Å². The Morgan fingerprint density at radius 2 is 1.82 bits per heavy atom. The molecule has 1 atom stereocenters. The number of alkyl halides is 3. The summed E-state index contributed by atoms with van der Waals surface area (Å²) in [7, 11) is 0. The fraction of sp³-hybridized carbons (Fsp3) is 0.423. The number of ether oxygens (including phenoxy) is 2. The average Bonchev–Trinajstić information content (AvgIpc) is 2.90. The predicted molar refractivity (Wildman–Crippen MR) is 135 cm³/mol. The Morgan fingerprint density at radius 1 is 1.08 bits per heavy atom. The zero-order chi connectivity index (χ0) is 27.7. The molecule has 0 unspecified atom stereocenters. The van der Waals surface area contributed by atoms with E-state index in [0.29, 0.717) is 24.5 Å². The van der Waals surface area contributed by atoms with Crippen LogP contribution in [0.25, 0.3) is 11.1 Å². The van der Waals surface area contributed by atoms with Gasteiger partial charge in [-0.2, -0.15) is 13.2 Å². The quantitative estimate of drug-likeness (QED) is 0.256. The molecule has 0 radical (unpaired) electrons. The minimum absolute atomic E-state index is 0.105. The van der Waals surface area contributed by atoms with E-state index in [0.717, 1.165) is 36.3 Å². The van der Waals surface area contributed by atoms with Crippen molar-refractivity contribution in [2.24, 2.45) is 0 Å². The van der Waals surface area contributed by atoms with Gasteiger partial charge in [-0.1, -0.05) is 31.2 Å². The van der Waals surface area contributed by atoms with Crippen molar-refractivity contribution in [1.82, 2.24) is 16.0 Å². The van der Waals surface area contributed by atoms with Crippen molar-refractivity contribution < 1.29 is 37.0 Å². The Hall–Kier alpha value is -3.80. The molecule has 0 spiro atoms. The molecule has 1 aliphatic heterocycles. The molecule has 2 aromatic carbocycles. The summed E-state index contributed by atoms with van der Waals surface area (Å²) in [6.07, 6.45) is -5.97. The summed E-state index contributed by atoms with van der Waals surface area (Å²) < 4.78 is 46.1. The van der Waals surface area contributed by atoms with Crippen molar-refractivity contribution in [2.75, 3.05) is 44.2 Å². The number of amides is 2. The number of carbonyl (C=O) groups is 3. The van der Waals surface area contributed by atoms with E-state index in [1.54, 1.807) is 6.07 Å². The van der Waals surface area contributed by atoms with E-state index in [1.165, 1.54) is 0 Å². The average molecular weight is 537 g/mol. The van der Waals surface area contributed by atoms with Gasteiger partial charge in [-0.25, -0.2) is 9.59 Å². The van der Waals surface area contributed by atoms with Crippen molar-refractivity contribution in [3.05, 3.63) is 48.0 Å². The van der Waals surface area contributed by atoms with E-state index >= 15 is 0 Å². The lowest BCUT2D eigenvalue weighted by Crippen LogP contribution is -2.51. The highest BCUT2D eigenvalue weighted by Crippen LogP contribution is 2.34. The van der Waals surface area contributed by atoms with Gasteiger partial charge < -0.3 is 30.3 Å². The summed E-state index contributed by atoms with van der Waals surface area (Å²) >= 11 is 0. The molecule has 3 rings (SSSR count). The summed E-state index contributed by atoms with van der Waals surface area (Å²) in [6, 6.07) is 13.3. The third kappa shape index (κ3) is 7.37. The number of nitrogens with one attached hydrogen (secondary N) is 3. The molecule has 38 heavy (non-hydrogen) atoms. The monoisotopic (exact) mass is 536 g/mol. The summed E-state index contributed by atoms with van der Waals surface area (Å²) in [5, 5.41) is 8.06. The molecular weight excluding hydrogens is 505 g/mol. The lowest BCUT2D eigenvalue weighted by atomic mass is 9.98. The summed E-state index contributed by atoms with van der Waals surface area (Å²) in [6.45, 7) is 6.32. The molecule has 0 bridgehead atoms. The number of para-hydroxylation sites is 1. The van der Waals surface area contributed by atoms with Crippen LogP contribution < -0.4 is 25.6 Å². The Bertz CT molecular complexity index is 1140. The second-order valence-corrected chi connectivity index (χ2v) is 8.48. The van der Waals surface area contributed by atoms with E-state index < -0.39 is 24.1 Å². The number of hydrogen-bond acceptors (Lipinski definition) is 7. The standard InChI is InChI=1S/C26H31F3N4O5/c1-3-18-16-30-13-14-33(18)21-10-9-17(19-7-5-6-8-22(19)37-4-2)15-20(21)23(34)31-11-12-32-25(36)38-24(35)26(27,28)29/h5-10,15,18,30H,3-4,11-14,16H2,1-2H3,(H,31,34)(H,32,36)/t18-/m1/s1. The van der Waals surface area contributed by atoms with E-state index in [4.69, 9.17) is 4.74 Å². The number of alkyl carbamates (subject to hydrolysis) is 1. The molecule has 0 aromatic heterocycles. The Morgan fingerprint density at radius 3 is 2.53 bits per heavy atom. The number of esters is 1. The fourth-order valence-electron chi connectivity index (χ4n) is 4.18. The Balaban J connectivity index is 1.80. The third-order valence-corrected chi connectivity index (χ3v) is 5.97. The van der Waals surface area contributed by atoms with Crippen molar-refractivity contribution in [3.8, 4) is 16.9 Å². The van der Waals surface area contributed by atoms with E-state index in [-0.39, 0.29) is 19.1 Å². The summed E-state index contributed by atoms with van der Waals surface area (Å²) in [5.74, 6) is -2.36. The lowest BCUT2D eigenvalue weighted by molar-refractivity contribution is -0.192. The van der Waals surface area contributed by atoms with Crippen LogP contribution in [0.4, 0.5) is 23.7 Å². The van der Waals surface area contributed by atoms with E-state index in [1.807, 2.05) is 48.6 Å². The molecule has 0 aliphatic carbocycles. The second-order valence-electron chi connectivity index (χ2n) is 8.48. The van der Waals surface area contributed by atoms with E-state index in [2.05, 4.69) is 27.2 Å². The highest BCUT2D eigenvalue weighted by Gasteiger charge is 2.42. The number of anilines is 1. The van der Waals surface area contributed by atoms with Gasteiger partial charge in [-0.3, -0.25) is 4.79 Å². The molecule has 1 heterocycles. The molecule has 12 heteroatoms. The largest absolute Gasteiger partial charge is 0.493 e. The number of hydrogen-bond donors (Lipinski definition) is 3. The number of piperazine rings is 1. The summed E-state index contributed by atoms with van der Waals surface area (Å²) in [5.41, 5.74) is 2.75. The zero-order valence-corrected chi connectivity index (χ0v) is 21.2. The van der Waals surface area contributed by atoms with Gasteiger partial charge in [0.15, 0.2) is 0 Å². The number of nitrogens with zero attached hydrogens (tertiary/aromatic N) is 1. The molecule has 3 N–H and O–H groups in total. The number of halogens is 3. The molecule has 2 amide bonds. The Kier molecular flexibility index (Phi) is 9.94. The van der Waals surface area contributed by atoms with Gasteiger partial charge in [0.05, 0.1) is 12.2 Å². The number of benzene rings is 2. The molecule has 1 fully saturated rings. The first-order valence-electron chi connectivity index (χ1n) is 12.3. The maximum absolute atomic E-state index is 13.3. The lowest BCUT2D eigenvalue weighted by Gasteiger charge is -2.38. The molecular formula is C26H31F3N4O5. The van der Waals surface area contributed by atoms with Crippen LogP contribution in [-0.4, -0.2) is 69.5 Å². The highest BCUT2D eigenvalue weighted by atomic mass is 19.4. The van der Waals surface area contributed by atoms with Crippen LogP contribution >= 0.6 is 0 Å². The zero-order valence-electron chi connectivity index (χ0n) is 21.2. The fourth-order valence-corrected chi connectivity index (χ4v) is 4.18. The molecule has 9 nitrogen and oxygen atoms in total. The second kappa shape index (κ2) is 13.1. The first-order chi connectivity index (χ1) is 18.2. The normalized spacial score (nSPS) is 15.5. The topological polar surface area (TPSA) is 109 Å². The maximum atomic E-state index is 13.3. The molecule has 206 valence electrons. The smallest absolute Gasteiger partial charge is 0.491 e. The first kappa shape index (κ1) is 28.8. The van der Waals surface area contributed by atoms with Crippen molar-refractivity contribution in [1.29, 1.82) is 0 Å². The van der Waals surface area contributed by atoms with Crippen LogP contribution in [0.1, 0.15) is 30.6 Å². The maximum Gasteiger partial charge on any atom is 0.491 e. The third-order valence-electron chi connectivity index (χ3n) is 5.97. The number of rotatable bonds is 9. The van der Waals surface area contributed by atoms with Gasteiger partial charge in [0.1, 0.15) is 5.75 Å². The molecule has 1 aliphatic rings. The van der Waals surface area contributed by atoms with Crippen LogP contribution in [0.15, 0.2) is 42.5 Å². The highest BCUT2D eigenvalue weighted by molar-refractivity contribution is 6.01. The van der Waals surface area contributed by atoms with Gasteiger partial charge in [-0.05, 0) is 37.1 Å². The van der Waals surface area contributed by atoms with Gasteiger partial charge in [0.2, 0.25) is 0 Å². The van der Waals surface area contributed by atoms with Gasteiger partial charge in [-0.15, -0.1) is 0 Å². The van der Waals surface area contributed by atoms with Crippen LogP contribution in [0.2, 0.25) is 0 Å². The van der Waals surface area contributed by atoms with Gasteiger partial charge in [0, 0.05) is 50.0 Å². The van der Waals surface area contributed by atoms with Gasteiger partial charge in [0.25, 0.3) is 5.91 Å². The van der Waals surface area contributed by atoms with Crippen molar-refractivity contribution >= 4 is 23.7 Å². The summed E-state index contributed by atoms with van der Waals surface area (Å²) in [4.78, 5) is 37.7. The van der Waals surface area contributed by atoms with Crippen LogP contribution in [0.3, 0.4) is 0 Å². The minimum atomic E-state index is -5.28. The first-order valence-corrected chi connectivity index (χ1v) is 12.3. The molecule has 1 saturated heterocycles. The molecule has 2 aromatic rings. The van der Waals surface area contributed by atoms with Crippen LogP contribution in [0, 0.1) is 0 Å². The minimum Gasteiger partial charge on any atom is -0.493 e. The molecule has 0 saturated carbocycles. The van der Waals surface area contributed by atoms with E-state index in [9.17, 15) is 27.6 Å².